The van der Waals surface area contributed by atoms with E-state index >= 15 is 0 Å². The summed E-state index contributed by atoms with van der Waals surface area (Å²) in [6.07, 6.45) is 42.1. The van der Waals surface area contributed by atoms with E-state index in [1.165, 1.54) is 38.5 Å². The Bertz CT molecular complexity index is 1360. The zero-order chi connectivity index (χ0) is 45.4. The van der Waals surface area contributed by atoms with Crippen LogP contribution in [0.15, 0.2) is 72.9 Å². The van der Waals surface area contributed by atoms with Crippen molar-refractivity contribution in [3.63, 3.8) is 0 Å². The number of ether oxygens (including phenoxy) is 4. The second-order valence-electron chi connectivity index (χ2n) is 16.0. The molecule has 0 saturated carbocycles. The summed E-state index contributed by atoms with van der Waals surface area (Å²) in [7, 11) is -5.07. The highest BCUT2D eigenvalue weighted by molar-refractivity contribution is 7.80. The van der Waals surface area contributed by atoms with Gasteiger partial charge in [0.25, 0.3) is 0 Å². The Morgan fingerprint density at radius 3 is 1.63 bits per heavy atom. The Hall–Kier alpha value is -2.46. The Balaban J connectivity index is 2.43. The minimum absolute atomic E-state index is 0.0189. The van der Waals surface area contributed by atoms with E-state index in [1.54, 1.807) is 0 Å². The molecule has 62 heavy (non-hydrogen) atoms. The minimum Gasteiger partial charge on any atom is -0.457 e. The smallest absolute Gasteiger partial charge is 0.397 e. The van der Waals surface area contributed by atoms with E-state index in [0.29, 0.717) is 13.0 Å². The summed E-state index contributed by atoms with van der Waals surface area (Å²) < 4.78 is 59.1. The van der Waals surface area contributed by atoms with Gasteiger partial charge in [-0.1, -0.05) is 151 Å². The van der Waals surface area contributed by atoms with E-state index in [9.17, 15) is 33.1 Å². The fourth-order valence-corrected chi connectivity index (χ4v) is 7.26. The first-order chi connectivity index (χ1) is 30.1. The van der Waals surface area contributed by atoms with Crippen molar-refractivity contribution in [2.24, 2.45) is 0 Å². The highest BCUT2D eigenvalue weighted by Gasteiger charge is 2.48. The third-order valence-electron chi connectivity index (χ3n) is 10.3. The first-order valence-corrected chi connectivity index (χ1v) is 25.1. The van der Waals surface area contributed by atoms with Gasteiger partial charge in [-0.3, -0.25) is 9.35 Å². The molecular weight excluding hydrogens is 813 g/mol. The number of unbranched alkanes of at least 4 members (excludes halogenated alkanes) is 15. The molecule has 1 aliphatic heterocycles. The Morgan fingerprint density at radius 2 is 1.11 bits per heavy atom. The molecule has 0 aromatic carbocycles. The van der Waals surface area contributed by atoms with Gasteiger partial charge < -0.3 is 34.3 Å². The monoisotopic (exact) mass is 897 g/mol. The molecular formula is C49H84O12S. The van der Waals surface area contributed by atoms with Crippen LogP contribution in [0.4, 0.5) is 0 Å². The van der Waals surface area contributed by atoms with E-state index in [1.807, 2.05) is 0 Å². The topological polar surface area (TPSA) is 178 Å². The maximum Gasteiger partial charge on any atom is 0.397 e. The number of carbonyl (C=O) groups is 1. The molecule has 0 aliphatic carbocycles. The average Bonchev–Trinajstić information content (AvgIpc) is 3.24. The van der Waals surface area contributed by atoms with Crippen LogP contribution in [-0.4, -0.2) is 97.5 Å². The summed E-state index contributed by atoms with van der Waals surface area (Å²) in [4.78, 5) is 12.9. The van der Waals surface area contributed by atoms with Gasteiger partial charge in [0.2, 0.25) is 0 Å². The lowest BCUT2D eigenvalue weighted by atomic mass is 9.99. The van der Waals surface area contributed by atoms with E-state index < -0.39 is 59.8 Å². The van der Waals surface area contributed by atoms with E-state index in [2.05, 4.69) is 90.9 Å². The molecule has 0 aromatic heterocycles. The van der Waals surface area contributed by atoms with Gasteiger partial charge in [-0.2, -0.15) is 8.42 Å². The fraction of sp³-hybridized carbons (Fsp3) is 0.735. The molecule has 0 bridgehead atoms. The Labute approximate surface area is 375 Å². The molecule has 0 amide bonds. The molecule has 1 fully saturated rings. The molecule has 0 spiro atoms. The van der Waals surface area contributed by atoms with Gasteiger partial charge in [0.1, 0.15) is 30.5 Å². The summed E-state index contributed by atoms with van der Waals surface area (Å²) in [6, 6.07) is 0. The summed E-state index contributed by atoms with van der Waals surface area (Å²) in [5.41, 5.74) is 0. The lowest BCUT2D eigenvalue weighted by molar-refractivity contribution is -0.301. The molecule has 0 radical (unpaired) electrons. The van der Waals surface area contributed by atoms with Crippen LogP contribution in [0.5, 0.6) is 0 Å². The Morgan fingerprint density at radius 1 is 0.629 bits per heavy atom. The van der Waals surface area contributed by atoms with Gasteiger partial charge >= 0.3 is 16.4 Å². The second kappa shape index (κ2) is 40.1. The van der Waals surface area contributed by atoms with Gasteiger partial charge in [-0.25, -0.2) is 4.18 Å². The zero-order valence-corrected chi connectivity index (χ0v) is 39.0. The number of hydrogen-bond donors (Lipinski definition) is 4. The van der Waals surface area contributed by atoms with Crippen molar-refractivity contribution in [3.8, 4) is 0 Å². The summed E-state index contributed by atoms with van der Waals surface area (Å²) in [5.74, 6) is -0.420. The van der Waals surface area contributed by atoms with Crippen molar-refractivity contribution in [2.75, 3.05) is 26.4 Å². The van der Waals surface area contributed by atoms with Crippen molar-refractivity contribution < 1.29 is 56.2 Å². The molecule has 6 atom stereocenters. The second-order valence-corrected chi connectivity index (χ2v) is 17.0. The number of allylic oxidation sites excluding steroid dienone is 12. The minimum atomic E-state index is -5.07. The van der Waals surface area contributed by atoms with Crippen molar-refractivity contribution in [1.29, 1.82) is 0 Å². The van der Waals surface area contributed by atoms with Crippen molar-refractivity contribution in [3.05, 3.63) is 72.9 Å². The van der Waals surface area contributed by atoms with E-state index in [0.717, 1.165) is 103 Å². The third kappa shape index (κ3) is 33.1. The SMILES string of the molecule is CC/C=C\C/C=C\C/C=C\C/C=C\CCCCCCCCC(=O)OC(COCCCCCCCC/C=C\C/C=C\CCCCC)COC1OC(CO)C(O)C(OS(=O)(=O)O)C1O. The number of aliphatic hydroxyl groups is 3. The highest BCUT2D eigenvalue weighted by atomic mass is 32.3. The van der Waals surface area contributed by atoms with E-state index in [4.69, 9.17) is 18.9 Å². The van der Waals surface area contributed by atoms with Crippen LogP contribution in [0, 0.1) is 0 Å². The first kappa shape index (κ1) is 57.6. The molecule has 12 nitrogen and oxygen atoms in total. The maximum absolute atomic E-state index is 12.9. The molecule has 358 valence electrons. The van der Waals surface area contributed by atoms with Crippen LogP contribution >= 0.6 is 0 Å². The standard InChI is InChI=1S/C49H84O12S/c1-3-5-7-9-11-13-15-17-19-21-22-23-24-26-28-30-32-34-36-38-45(51)59-43(42-58-49-47(53)48(61-62(54,55)56)46(52)44(40-50)60-49)41-57-39-37-35-33-31-29-27-25-20-18-16-14-12-10-8-6-4-2/h5,7,11-14,17-20,22-23,43-44,46-50,52-53H,3-4,6,8-10,15-16,21,24-42H2,1-2H3,(H,54,55,56)/b7-5-,13-11-,14-12-,19-17-,20-18-,23-22-. The van der Waals surface area contributed by atoms with Gasteiger partial charge in [0.15, 0.2) is 6.29 Å². The number of rotatable bonds is 40. The van der Waals surface area contributed by atoms with Gasteiger partial charge in [-0.15, -0.1) is 0 Å². The number of hydrogen-bond acceptors (Lipinski definition) is 11. The number of esters is 1. The molecule has 4 N–H and O–H groups in total. The quantitative estimate of drug-likeness (QED) is 0.0198. The largest absolute Gasteiger partial charge is 0.457 e. The van der Waals surface area contributed by atoms with Crippen molar-refractivity contribution >= 4 is 16.4 Å². The summed E-state index contributed by atoms with van der Waals surface area (Å²) in [5, 5.41) is 30.7. The molecule has 1 saturated heterocycles. The van der Waals surface area contributed by atoms with Crippen LogP contribution in [0.3, 0.4) is 0 Å². The summed E-state index contributed by atoms with van der Waals surface area (Å²) in [6.45, 7) is 3.80. The number of carbonyl (C=O) groups excluding carboxylic acids is 1. The van der Waals surface area contributed by atoms with E-state index in [-0.39, 0.29) is 19.6 Å². The van der Waals surface area contributed by atoms with Crippen LogP contribution < -0.4 is 0 Å². The maximum atomic E-state index is 12.9. The van der Waals surface area contributed by atoms with Crippen LogP contribution in [0.25, 0.3) is 0 Å². The van der Waals surface area contributed by atoms with Crippen LogP contribution in [-0.2, 0) is 38.3 Å². The molecule has 13 heteroatoms. The Kier molecular flexibility index (Phi) is 37.2. The normalized spacial score (nSPS) is 20.6. The molecule has 1 heterocycles. The molecule has 0 aromatic rings. The predicted octanol–water partition coefficient (Wildman–Crippen LogP) is 10.3. The van der Waals surface area contributed by atoms with Gasteiger partial charge in [0, 0.05) is 13.0 Å². The van der Waals surface area contributed by atoms with Crippen LogP contribution in [0.2, 0.25) is 0 Å². The van der Waals surface area contributed by atoms with Gasteiger partial charge in [-0.05, 0) is 83.5 Å². The first-order valence-electron chi connectivity index (χ1n) is 23.7. The van der Waals surface area contributed by atoms with Crippen molar-refractivity contribution in [1.82, 2.24) is 0 Å². The lowest BCUT2D eigenvalue weighted by Gasteiger charge is -2.41. The van der Waals surface area contributed by atoms with Crippen LogP contribution in [0.1, 0.15) is 168 Å². The highest BCUT2D eigenvalue weighted by Crippen LogP contribution is 2.26. The number of aliphatic hydroxyl groups excluding tert-OH is 3. The molecule has 6 unspecified atom stereocenters. The van der Waals surface area contributed by atoms with Crippen molar-refractivity contribution in [2.45, 2.75) is 205 Å². The summed E-state index contributed by atoms with van der Waals surface area (Å²) >= 11 is 0. The zero-order valence-electron chi connectivity index (χ0n) is 38.2. The third-order valence-corrected chi connectivity index (χ3v) is 10.8. The lowest BCUT2D eigenvalue weighted by Crippen LogP contribution is -2.60. The average molecular weight is 897 g/mol. The predicted molar refractivity (Wildman–Crippen MR) is 248 cm³/mol. The fourth-order valence-electron chi connectivity index (χ4n) is 6.75. The molecule has 1 rings (SSSR count). The van der Waals surface area contributed by atoms with Gasteiger partial charge in [0.05, 0.1) is 19.8 Å². The molecule has 1 aliphatic rings.